The van der Waals surface area contributed by atoms with Crippen molar-refractivity contribution in [3.63, 3.8) is 0 Å². The molecule has 2 heterocycles. The average molecular weight is 673 g/mol. The molecule has 0 radical (unpaired) electrons. The molecule has 1 aromatic heterocycles. The third-order valence-corrected chi connectivity index (χ3v) is 8.18. The maximum Gasteiger partial charge on any atom is 0.243 e. The summed E-state index contributed by atoms with van der Waals surface area (Å²) in [5, 5.41) is 81.2. The molecule has 11 N–H and O–H groups in total. The fourth-order valence-electron chi connectivity index (χ4n) is 6.08. The molecular formula is C30H52N6O11. The van der Waals surface area contributed by atoms with Crippen LogP contribution in [0.4, 0.5) is 5.69 Å². The fourth-order valence-corrected chi connectivity index (χ4v) is 6.08. The Morgan fingerprint density at radius 1 is 0.979 bits per heavy atom. The Kier molecular flexibility index (Phi) is 13.6. The molecule has 1 fully saturated rings. The van der Waals surface area contributed by atoms with E-state index in [4.69, 9.17) is 5.11 Å². The first-order valence-electron chi connectivity index (χ1n) is 15.4. The molecule has 0 saturated carbocycles. The van der Waals surface area contributed by atoms with Gasteiger partial charge in [-0.1, -0.05) is 6.92 Å². The van der Waals surface area contributed by atoms with E-state index in [0.29, 0.717) is 12.8 Å². The van der Waals surface area contributed by atoms with E-state index >= 15 is 0 Å². The maximum atomic E-state index is 13.1. The van der Waals surface area contributed by atoms with Crippen LogP contribution in [-0.2, 0) is 19.2 Å². The molecule has 1 aliphatic heterocycles. The molecule has 17 nitrogen and oxygen atoms in total. The third kappa shape index (κ3) is 10.8. The minimum atomic E-state index is -1.87. The van der Waals surface area contributed by atoms with Crippen molar-refractivity contribution in [1.29, 1.82) is 0 Å². The summed E-state index contributed by atoms with van der Waals surface area (Å²) in [6.07, 6.45) is -6.67. The van der Waals surface area contributed by atoms with Crippen molar-refractivity contribution in [2.24, 2.45) is 5.92 Å². The lowest BCUT2D eigenvalue weighted by Crippen LogP contribution is -2.62. The zero-order chi connectivity index (χ0) is 36.0. The summed E-state index contributed by atoms with van der Waals surface area (Å²) in [5.74, 6) is -4.84. The second-order valence-corrected chi connectivity index (χ2v) is 13.7. The van der Waals surface area contributed by atoms with Crippen LogP contribution in [-0.4, -0.2) is 138 Å². The molecule has 2 rings (SSSR count). The van der Waals surface area contributed by atoms with Gasteiger partial charge in [-0.05, 0) is 40.5 Å². The molecule has 6 atom stereocenters. The van der Waals surface area contributed by atoms with E-state index in [1.165, 1.54) is 21.0 Å². The van der Waals surface area contributed by atoms with Gasteiger partial charge < -0.3 is 61.9 Å². The van der Waals surface area contributed by atoms with E-state index < -0.39 is 91.3 Å². The van der Waals surface area contributed by atoms with Gasteiger partial charge in [-0.25, -0.2) is 0 Å². The van der Waals surface area contributed by atoms with E-state index in [9.17, 15) is 49.8 Å². The molecular weight excluding hydrogens is 620 g/mol. The number of carbonyl (C=O) groups excluding carboxylic acids is 4. The van der Waals surface area contributed by atoms with Crippen LogP contribution in [0.15, 0.2) is 6.07 Å². The van der Waals surface area contributed by atoms with Crippen molar-refractivity contribution in [1.82, 2.24) is 25.4 Å². The monoisotopic (exact) mass is 672 g/mol. The van der Waals surface area contributed by atoms with Crippen molar-refractivity contribution < 1.29 is 54.9 Å². The molecule has 268 valence electrons. The van der Waals surface area contributed by atoms with Gasteiger partial charge in [0.1, 0.15) is 36.1 Å². The van der Waals surface area contributed by atoms with Gasteiger partial charge in [0.15, 0.2) is 5.88 Å². The molecule has 0 bridgehead atoms. The van der Waals surface area contributed by atoms with Crippen molar-refractivity contribution in [2.45, 2.75) is 108 Å². The number of rotatable bonds is 15. The third-order valence-electron chi connectivity index (χ3n) is 8.18. The van der Waals surface area contributed by atoms with Gasteiger partial charge in [0.05, 0.1) is 13.0 Å². The molecule has 0 spiro atoms. The van der Waals surface area contributed by atoms with Gasteiger partial charge in [0, 0.05) is 56.2 Å². The van der Waals surface area contributed by atoms with Gasteiger partial charge in [0.2, 0.25) is 29.5 Å². The first kappa shape index (κ1) is 39.7. The number of likely N-dealkylation sites (N-methyl/N-ethyl adjacent to an activating group) is 2. The number of anilines is 1. The highest BCUT2D eigenvalue weighted by Gasteiger charge is 2.39. The van der Waals surface area contributed by atoms with E-state index in [-0.39, 0.29) is 29.2 Å². The summed E-state index contributed by atoms with van der Waals surface area (Å²) in [4.78, 5) is 52.6. The molecule has 1 saturated heterocycles. The average Bonchev–Trinajstić information content (AvgIpc) is 3.23. The Bertz CT molecular complexity index is 1250. The first-order chi connectivity index (χ1) is 21.6. The predicted octanol–water partition coefficient (Wildman–Crippen LogP) is -2.14. The van der Waals surface area contributed by atoms with Gasteiger partial charge in [0.25, 0.3) is 0 Å². The Morgan fingerprint density at radius 2 is 1.53 bits per heavy atom. The van der Waals surface area contributed by atoms with E-state index in [1.807, 2.05) is 27.7 Å². The molecule has 17 heteroatoms. The Hall–Kier alpha value is -3.48. The minimum absolute atomic E-state index is 0.192. The zero-order valence-corrected chi connectivity index (χ0v) is 28.0. The van der Waals surface area contributed by atoms with Crippen LogP contribution >= 0.6 is 0 Å². The van der Waals surface area contributed by atoms with Crippen LogP contribution in [0.2, 0.25) is 0 Å². The molecule has 47 heavy (non-hydrogen) atoms. The molecule has 0 aromatic carbocycles. The van der Waals surface area contributed by atoms with Crippen LogP contribution in [0.1, 0.15) is 66.3 Å². The number of hydrogen-bond donors (Lipinski definition) is 11. The summed E-state index contributed by atoms with van der Waals surface area (Å²) in [6, 6.07) is -0.563. The molecule has 1 aromatic rings. The van der Waals surface area contributed by atoms with Gasteiger partial charge in [-0.2, -0.15) is 0 Å². The normalized spacial score (nSPS) is 19.8. The van der Waals surface area contributed by atoms with Gasteiger partial charge in [-0.3, -0.25) is 23.7 Å². The van der Waals surface area contributed by atoms with Gasteiger partial charge >= 0.3 is 0 Å². The number of aliphatic hydroxyl groups is 5. The minimum Gasteiger partial charge on any atom is -0.494 e. The summed E-state index contributed by atoms with van der Waals surface area (Å²) in [5.41, 5.74) is -0.773. The number of piperidine rings is 1. The van der Waals surface area contributed by atoms with Crippen molar-refractivity contribution in [3.8, 4) is 11.8 Å². The Morgan fingerprint density at radius 3 is 2.06 bits per heavy atom. The topological polar surface area (TPSA) is 266 Å². The molecule has 1 aliphatic rings. The van der Waals surface area contributed by atoms with Crippen molar-refractivity contribution >= 4 is 29.3 Å². The van der Waals surface area contributed by atoms with Crippen molar-refractivity contribution in [3.05, 3.63) is 6.07 Å². The lowest BCUT2D eigenvalue weighted by molar-refractivity contribution is -0.140. The number of aromatic nitrogens is 1. The molecule has 0 aliphatic carbocycles. The van der Waals surface area contributed by atoms with E-state index in [2.05, 4.69) is 21.3 Å². The second-order valence-electron chi connectivity index (χ2n) is 13.7. The maximum absolute atomic E-state index is 13.1. The van der Waals surface area contributed by atoms with E-state index in [1.54, 1.807) is 0 Å². The highest BCUT2D eigenvalue weighted by molar-refractivity contribution is 5.96. The SMILES string of the molecule is CNC(=O)C(CC(=O)NC1CC(C)(C)NC(C)(C)C1)n1c(O)cc(NC(=O)C(C)CC(=O)N(C)CC(O)C(O)C(O)C(O)CO)c1O. The summed E-state index contributed by atoms with van der Waals surface area (Å²) in [7, 11) is 2.62. The fraction of sp³-hybridized carbons (Fsp3) is 0.733. The highest BCUT2D eigenvalue weighted by atomic mass is 16.4. The summed E-state index contributed by atoms with van der Waals surface area (Å²) in [6.45, 7) is 8.18. The number of aromatic hydroxyl groups is 2. The number of nitrogens with zero attached hydrogens (tertiary/aromatic N) is 2. The van der Waals surface area contributed by atoms with Crippen LogP contribution in [0.5, 0.6) is 11.8 Å². The van der Waals surface area contributed by atoms with Crippen LogP contribution < -0.4 is 21.3 Å². The largest absolute Gasteiger partial charge is 0.494 e. The number of carbonyl (C=O) groups is 4. The smallest absolute Gasteiger partial charge is 0.243 e. The van der Waals surface area contributed by atoms with Crippen LogP contribution in [0, 0.1) is 5.92 Å². The number of amides is 4. The Labute approximate surface area is 273 Å². The molecule has 6 unspecified atom stereocenters. The lowest BCUT2D eigenvalue weighted by atomic mass is 9.79. The second kappa shape index (κ2) is 16.1. The van der Waals surface area contributed by atoms with E-state index in [0.717, 1.165) is 15.5 Å². The standard InChI is InChI=1S/C30H52N6O11/c1-15(8-22(41)35(7)13-19(38)24(43)25(44)20(39)14-37)26(45)33-17-9-23(42)36(28(17)47)18(27(46)31-6)10-21(40)32-16-11-29(2,3)34-30(4,5)12-16/h9,15-16,18-20,24-25,34,37-39,42-44,47H,8,10-14H2,1-7H3,(H,31,46)(H,32,40)(H,33,45). The summed E-state index contributed by atoms with van der Waals surface area (Å²) < 4.78 is 0.822. The van der Waals surface area contributed by atoms with Gasteiger partial charge in [-0.15, -0.1) is 0 Å². The predicted molar refractivity (Wildman–Crippen MR) is 169 cm³/mol. The highest BCUT2D eigenvalue weighted by Crippen LogP contribution is 2.37. The van der Waals surface area contributed by atoms with Crippen LogP contribution in [0.25, 0.3) is 0 Å². The zero-order valence-electron chi connectivity index (χ0n) is 28.0. The lowest BCUT2D eigenvalue weighted by Gasteiger charge is -2.46. The van der Waals surface area contributed by atoms with Crippen molar-refractivity contribution in [2.75, 3.05) is 32.6 Å². The summed E-state index contributed by atoms with van der Waals surface area (Å²) >= 11 is 0. The van der Waals surface area contributed by atoms with Crippen LogP contribution in [0.3, 0.4) is 0 Å². The first-order valence-corrected chi connectivity index (χ1v) is 15.4. The number of aliphatic hydroxyl groups excluding tert-OH is 5. The quantitative estimate of drug-likeness (QED) is 0.0954. The number of nitrogens with one attached hydrogen (secondary N) is 4. The Balaban J connectivity index is 2.10. The number of hydrogen-bond acceptors (Lipinski definition) is 12. The molecule has 4 amide bonds.